The summed E-state index contributed by atoms with van der Waals surface area (Å²) in [5, 5.41) is 0. The van der Waals surface area contributed by atoms with Crippen LogP contribution < -0.4 is 10.4 Å². The van der Waals surface area contributed by atoms with Crippen molar-refractivity contribution in [2.45, 2.75) is 20.8 Å². The molecule has 0 saturated carbocycles. The molecule has 3 heteroatoms. The monoisotopic (exact) mass is 220 g/mol. The number of hydrogen-bond acceptors (Lipinski definition) is 3. The number of rotatable bonds is 3. The van der Waals surface area contributed by atoms with Gasteiger partial charge in [0.15, 0.2) is 0 Å². The lowest BCUT2D eigenvalue weighted by Gasteiger charge is -2.03. The normalized spacial score (nSPS) is 12.1. The molecule has 1 heterocycles. The molecule has 0 aliphatic carbocycles. The lowest BCUT2D eigenvalue weighted by atomic mass is 10.2. The fourth-order valence-corrected chi connectivity index (χ4v) is 1.16. The molecule has 0 unspecified atom stereocenters. The van der Waals surface area contributed by atoms with Crippen LogP contribution >= 0.6 is 0 Å². The second kappa shape index (κ2) is 5.35. The third kappa shape index (κ3) is 2.86. The van der Waals surface area contributed by atoms with E-state index in [-0.39, 0.29) is 5.63 Å². The number of hydrogen-bond donors (Lipinski definition) is 0. The van der Waals surface area contributed by atoms with Gasteiger partial charge in [0, 0.05) is 6.07 Å². The van der Waals surface area contributed by atoms with Crippen LogP contribution in [0.4, 0.5) is 0 Å². The Labute approximate surface area is 95.1 Å². The Balaban J connectivity index is 3.13. The van der Waals surface area contributed by atoms with E-state index in [9.17, 15) is 4.79 Å². The maximum atomic E-state index is 11.4. The first-order chi connectivity index (χ1) is 7.58. The van der Waals surface area contributed by atoms with Crippen LogP contribution in [0.5, 0.6) is 5.75 Å². The molecule has 0 radical (unpaired) electrons. The van der Waals surface area contributed by atoms with E-state index in [1.165, 1.54) is 7.11 Å². The molecule has 0 saturated heterocycles. The molecule has 16 heavy (non-hydrogen) atoms. The highest BCUT2D eigenvalue weighted by atomic mass is 16.5. The number of allylic oxidation sites excluding steroid dienone is 3. The summed E-state index contributed by atoms with van der Waals surface area (Å²) in [5.74, 6) is 1.04. The van der Waals surface area contributed by atoms with Crippen molar-refractivity contribution in [3.8, 4) is 5.75 Å². The summed E-state index contributed by atoms with van der Waals surface area (Å²) < 4.78 is 10.2. The minimum Gasteiger partial charge on any atom is -0.496 e. The summed E-state index contributed by atoms with van der Waals surface area (Å²) >= 11 is 0. The molecule has 0 aromatic carbocycles. The van der Waals surface area contributed by atoms with Gasteiger partial charge in [-0.1, -0.05) is 17.7 Å². The molecular weight excluding hydrogens is 204 g/mol. The van der Waals surface area contributed by atoms with E-state index in [0.29, 0.717) is 17.1 Å². The zero-order valence-electron chi connectivity index (χ0n) is 10.0. The highest BCUT2D eigenvalue weighted by Crippen LogP contribution is 2.16. The van der Waals surface area contributed by atoms with E-state index >= 15 is 0 Å². The van der Waals surface area contributed by atoms with Crippen LogP contribution in [-0.2, 0) is 0 Å². The average molecular weight is 220 g/mol. The van der Waals surface area contributed by atoms with Gasteiger partial charge in [0.1, 0.15) is 11.5 Å². The first kappa shape index (κ1) is 12.3. The molecule has 86 valence electrons. The van der Waals surface area contributed by atoms with Crippen molar-refractivity contribution in [2.24, 2.45) is 0 Å². The van der Waals surface area contributed by atoms with Gasteiger partial charge in [0.2, 0.25) is 0 Å². The lowest BCUT2D eigenvalue weighted by molar-refractivity contribution is 0.395. The molecule has 1 aromatic heterocycles. The van der Waals surface area contributed by atoms with Crippen molar-refractivity contribution in [3.05, 3.63) is 45.5 Å². The van der Waals surface area contributed by atoms with Crippen molar-refractivity contribution in [1.29, 1.82) is 0 Å². The van der Waals surface area contributed by atoms with Gasteiger partial charge in [0.25, 0.3) is 0 Å². The molecule has 0 N–H and O–H groups in total. The summed E-state index contributed by atoms with van der Waals surface area (Å²) in [6.07, 6.45) is 5.60. The summed E-state index contributed by atoms with van der Waals surface area (Å²) in [6.45, 7) is 5.60. The second-order valence-corrected chi connectivity index (χ2v) is 3.50. The van der Waals surface area contributed by atoms with Gasteiger partial charge < -0.3 is 9.15 Å². The highest BCUT2D eigenvalue weighted by Gasteiger charge is 2.05. The van der Waals surface area contributed by atoms with Crippen LogP contribution in [0, 0.1) is 6.92 Å². The Kier molecular flexibility index (Phi) is 4.11. The van der Waals surface area contributed by atoms with Crippen molar-refractivity contribution in [1.82, 2.24) is 0 Å². The molecule has 0 aliphatic heterocycles. The van der Waals surface area contributed by atoms with Gasteiger partial charge in [-0.05, 0) is 26.8 Å². The van der Waals surface area contributed by atoms with E-state index in [1.807, 2.05) is 26.0 Å². The maximum Gasteiger partial charge on any atom is 0.342 e. The Hall–Kier alpha value is -1.77. The fourth-order valence-electron chi connectivity index (χ4n) is 1.16. The largest absolute Gasteiger partial charge is 0.496 e. The van der Waals surface area contributed by atoms with Crippen molar-refractivity contribution >= 4 is 6.08 Å². The minimum absolute atomic E-state index is 0.364. The zero-order valence-corrected chi connectivity index (χ0v) is 10.0. The smallest absolute Gasteiger partial charge is 0.342 e. The molecule has 0 amide bonds. The highest BCUT2D eigenvalue weighted by molar-refractivity contribution is 5.50. The Morgan fingerprint density at radius 2 is 2.19 bits per heavy atom. The van der Waals surface area contributed by atoms with E-state index in [0.717, 1.165) is 5.57 Å². The minimum atomic E-state index is -0.364. The quantitative estimate of drug-likeness (QED) is 0.735. The Bertz CT molecular complexity index is 478. The van der Waals surface area contributed by atoms with Crippen LogP contribution in [0.25, 0.3) is 6.08 Å². The van der Waals surface area contributed by atoms with Gasteiger partial charge in [-0.2, -0.15) is 0 Å². The Morgan fingerprint density at radius 1 is 1.50 bits per heavy atom. The molecule has 3 nitrogen and oxygen atoms in total. The maximum absolute atomic E-state index is 11.4. The Morgan fingerprint density at radius 3 is 2.75 bits per heavy atom. The first-order valence-corrected chi connectivity index (χ1v) is 5.08. The summed E-state index contributed by atoms with van der Waals surface area (Å²) in [6, 6.07) is 1.70. The van der Waals surface area contributed by atoms with Crippen LogP contribution in [0.1, 0.15) is 25.2 Å². The molecule has 1 aromatic rings. The van der Waals surface area contributed by atoms with Crippen molar-refractivity contribution in [3.63, 3.8) is 0 Å². The second-order valence-electron chi connectivity index (χ2n) is 3.50. The molecule has 0 atom stereocenters. The first-order valence-electron chi connectivity index (χ1n) is 5.08. The van der Waals surface area contributed by atoms with Crippen LogP contribution in [0.2, 0.25) is 0 Å². The molecule has 0 fully saturated rings. The van der Waals surface area contributed by atoms with Crippen molar-refractivity contribution < 1.29 is 9.15 Å². The SMILES string of the molecule is CC=C(C)C=Cc1cc(OC)c(C)c(=O)o1. The van der Waals surface area contributed by atoms with E-state index < -0.39 is 0 Å². The van der Waals surface area contributed by atoms with Crippen LogP contribution in [0.15, 0.2) is 33.0 Å². The molecule has 0 spiro atoms. The third-order valence-electron chi connectivity index (χ3n) is 2.35. The fraction of sp³-hybridized carbons (Fsp3) is 0.308. The lowest BCUT2D eigenvalue weighted by Crippen LogP contribution is -2.05. The molecule has 0 bridgehead atoms. The van der Waals surface area contributed by atoms with Gasteiger partial charge in [0.05, 0.1) is 12.7 Å². The number of ether oxygens (including phenoxy) is 1. The van der Waals surface area contributed by atoms with Crippen LogP contribution in [0.3, 0.4) is 0 Å². The topological polar surface area (TPSA) is 39.4 Å². The third-order valence-corrected chi connectivity index (χ3v) is 2.35. The van der Waals surface area contributed by atoms with E-state index in [2.05, 4.69) is 0 Å². The molecular formula is C13H16O3. The molecule has 1 rings (SSSR count). The standard InChI is InChI=1S/C13H16O3/c1-5-9(2)6-7-11-8-12(15-4)10(3)13(14)16-11/h5-8H,1-4H3. The van der Waals surface area contributed by atoms with Crippen molar-refractivity contribution in [2.75, 3.05) is 7.11 Å². The predicted molar refractivity (Wildman–Crippen MR) is 64.7 cm³/mol. The zero-order chi connectivity index (χ0) is 12.1. The number of methoxy groups -OCH3 is 1. The summed E-state index contributed by atoms with van der Waals surface area (Å²) in [5.41, 5.74) is 1.22. The molecule has 0 aliphatic rings. The average Bonchev–Trinajstić information content (AvgIpc) is 2.29. The summed E-state index contributed by atoms with van der Waals surface area (Å²) in [4.78, 5) is 11.4. The van der Waals surface area contributed by atoms with Gasteiger partial charge in [-0.3, -0.25) is 0 Å². The van der Waals surface area contributed by atoms with Gasteiger partial charge in [-0.15, -0.1) is 0 Å². The van der Waals surface area contributed by atoms with E-state index in [4.69, 9.17) is 9.15 Å². The van der Waals surface area contributed by atoms with Gasteiger partial charge >= 0.3 is 5.63 Å². The van der Waals surface area contributed by atoms with Gasteiger partial charge in [-0.25, -0.2) is 4.79 Å². The van der Waals surface area contributed by atoms with E-state index in [1.54, 1.807) is 19.1 Å². The predicted octanol–water partition coefficient (Wildman–Crippen LogP) is 2.94. The van der Waals surface area contributed by atoms with Crippen LogP contribution in [-0.4, -0.2) is 7.11 Å². The summed E-state index contributed by atoms with van der Waals surface area (Å²) in [7, 11) is 1.53.